The minimum Gasteiger partial charge on any atom is -0.495 e. The Hall–Kier alpha value is -2.29. The van der Waals surface area contributed by atoms with Crippen molar-refractivity contribution in [3.05, 3.63) is 68.6 Å². The molecule has 27 heavy (non-hydrogen) atoms. The second-order valence-electron chi connectivity index (χ2n) is 5.38. The molecular formula is C18H17ClN4O2S2. The van der Waals surface area contributed by atoms with Gasteiger partial charge in [-0.25, -0.2) is 0 Å². The Balaban J connectivity index is 1.85. The molecule has 0 fully saturated rings. The second-order valence-corrected chi connectivity index (χ2v) is 7.76. The summed E-state index contributed by atoms with van der Waals surface area (Å²) in [4.78, 5) is 14.0. The SMILES string of the molecule is C=CCn1c(SCc2cccs2)nnc(Nc2ccc(OC)c(Cl)c2)c1=O. The van der Waals surface area contributed by atoms with Crippen LogP contribution >= 0.6 is 34.7 Å². The highest BCUT2D eigenvalue weighted by atomic mass is 35.5. The molecule has 3 aromatic rings. The highest BCUT2D eigenvalue weighted by molar-refractivity contribution is 7.98. The van der Waals surface area contributed by atoms with Crippen molar-refractivity contribution in [2.45, 2.75) is 17.5 Å². The summed E-state index contributed by atoms with van der Waals surface area (Å²) in [5.41, 5.74) is 0.349. The van der Waals surface area contributed by atoms with E-state index in [-0.39, 0.29) is 11.4 Å². The number of thiophene rings is 1. The molecule has 1 N–H and O–H groups in total. The number of methoxy groups -OCH3 is 1. The maximum Gasteiger partial charge on any atom is 0.297 e. The van der Waals surface area contributed by atoms with Crippen LogP contribution in [0.5, 0.6) is 5.75 Å². The second kappa shape index (κ2) is 9.07. The van der Waals surface area contributed by atoms with Gasteiger partial charge in [0.25, 0.3) is 5.56 Å². The van der Waals surface area contributed by atoms with Crippen molar-refractivity contribution in [1.29, 1.82) is 0 Å². The van der Waals surface area contributed by atoms with Gasteiger partial charge in [0.2, 0.25) is 5.82 Å². The number of nitrogens with zero attached hydrogens (tertiary/aromatic N) is 3. The van der Waals surface area contributed by atoms with E-state index in [1.165, 1.54) is 16.6 Å². The maximum absolute atomic E-state index is 12.8. The predicted molar refractivity (Wildman–Crippen MR) is 112 cm³/mol. The molecule has 3 rings (SSSR count). The first-order valence-corrected chi connectivity index (χ1v) is 10.2. The van der Waals surface area contributed by atoms with Crippen LogP contribution in [-0.4, -0.2) is 21.9 Å². The first-order chi connectivity index (χ1) is 13.1. The van der Waals surface area contributed by atoms with Crippen molar-refractivity contribution in [3.63, 3.8) is 0 Å². The summed E-state index contributed by atoms with van der Waals surface area (Å²) in [5.74, 6) is 1.40. The van der Waals surface area contributed by atoms with Gasteiger partial charge < -0.3 is 10.1 Å². The molecule has 0 amide bonds. The molecule has 0 aliphatic carbocycles. The summed E-state index contributed by atoms with van der Waals surface area (Å²) >= 11 is 9.26. The van der Waals surface area contributed by atoms with Crippen LogP contribution in [0.2, 0.25) is 5.02 Å². The standard InChI is InChI=1S/C18H17ClN4O2S2/c1-3-8-23-17(24)16(20-12-6-7-15(25-2)14(19)10-12)21-22-18(23)27-11-13-5-4-9-26-13/h3-7,9-10H,1,8,11H2,2H3,(H,20,21). The van der Waals surface area contributed by atoms with Gasteiger partial charge in [-0.15, -0.1) is 28.1 Å². The smallest absolute Gasteiger partial charge is 0.297 e. The lowest BCUT2D eigenvalue weighted by Gasteiger charge is -2.12. The highest BCUT2D eigenvalue weighted by Gasteiger charge is 2.13. The zero-order chi connectivity index (χ0) is 19.2. The minimum absolute atomic E-state index is 0.124. The summed E-state index contributed by atoms with van der Waals surface area (Å²) in [6, 6.07) is 9.17. The fraction of sp³-hybridized carbons (Fsp3) is 0.167. The largest absolute Gasteiger partial charge is 0.495 e. The van der Waals surface area contributed by atoms with Gasteiger partial charge in [-0.1, -0.05) is 35.5 Å². The predicted octanol–water partition coefficient (Wildman–Crippen LogP) is 4.58. The molecule has 0 atom stereocenters. The Kier molecular flexibility index (Phi) is 6.54. The quantitative estimate of drug-likeness (QED) is 0.424. The molecule has 0 aliphatic rings. The lowest BCUT2D eigenvalue weighted by Crippen LogP contribution is -2.26. The maximum atomic E-state index is 12.8. The number of allylic oxidation sites excluding steroid dienone is 1. The molecule has 0 spiro atoms. The minimum atomic E-state index is -0.273. The van der Waals surface area contributed by atoms with E-state index in [4.69, 9.17) is 16.3 Å². The van der Waals surface area contributed by atoms with Gasteiger partial charge in [0, 0.05) is 22.9 Å². The van der Waals surface area contributed by atoms with Gasteiger partial charge >= 0.3 is 0 Å². The monoisotopic (exact) mass is 420 g/mol. The number of anilines is 2. The zero-order valence-corrected chi connectivity index (χ0v) is 16.9. The summed E-state index contributed by atoms with van der Waals surface area (Å²) in [6.07, 6.45) is 1.66. The number of halogens is 1. The fourth-order valence-electron chi connectivity index (χ4n) is 2.29. The lowest BCUT2D eigenvalue weighted by molar-refractivity contribution is 0.415. The van der Waals surface area contributed by atoms with Crippen LogP contribution < -0.4 is 15.6 Å². The number of hydrogen-bond donors (Lipinski definition) is 1. The number of benzene rings is 1. The van der Waals surface area contributed by atoms with Crippen LogP contribution in [0.4, 0.5) is 11.5 Å². The van der Waals surface area contributed by atoms with Gasteiger partial charge in [0.05, 0.1) is 12.1 Å². The van der Waals surface area contributed by atoms with E-state index in [0.717, 1.165) is 5.75 Å². The van der Waals surface area contributed by atoms with Crippen molar-refractivity contribution in [3.8, 4) is 5.75 Å². The summed E-state index contributed by atoms with van der Waals surface area (Å²) in [6.45, 7) is 4.07. The average molecular weight is 421 g/mol. The summed E-state index contributed by atoms with van der Waals surface area (Å²) in [5, 5.41) is 14.3. The molecule has 0 unspecified atom stereocenters. The molecule has 0 aliphatic heterocycles. The molecule has 0 bridgehead atoms. The summed E-state index contributed by atoms with van der Waals surface area (Å²) < 4.78 is 6.68. The van der Waals surface area contributed by atoms with Gasteiger partial charge in [-0.3, -0.25) is 9.36 Å². The number of ether oxygens (including phenoxy) is 1. The lowest BCUT2D eigenvalue weighted by atomic mass is 10.3. The molecular weight excluding hydrogens is 404 g/mol. The molecule has 2 aromatic heterocycles. The van der Waals surface area contributed by atoms with E-state index < -0.39 is 0 Å². The van der Waals surface area contributed by atoms with E-state index in [9.17, 15) is 4.79 Å². The molecule has 0 saturated heterocycles. The third-order valence-electron chi connectivity index (χ3n) is 3.56. The van der Waals surface area contributed by atoms with Crippen LogP contribution in [0.3, 0.4) is 0 Å². The zero-order valence-electron chi connectivity index (χ0n) is 14.5. The number of rotatable bonds is 8. The van der Waals surface area contributed by atoms with Crippen LogP contribution in [0.15, 0.2) is 58.3 Å². The number of nitrogens with one attached hydrogen (secondary N) is 1. The molecule has 9 heteroatoms. The summed E-state index contributed by atoms with van der Waals surface area (Å²) in [7, 11) is 1.54. The fourth-order valence-corrected chi connectivity index (χ4v) is 4.27. The number of hydrogen-bond acceptors (Lipinski definition) is 7. The first kappa shape index (κ1) is 19.5. The van der Waals surface area contributed by atoms with Crippen LogP contribution in [-0.2, 0) is 12.3 Å². The van der Waals surface area contributed by atoms with E-state index >= 15 is 0 Å². The van der Waals surface area contributed by atoms with Crippen LogP contribution in [0.25, 0.3) is 0 Å². The van der Waals surface area contributed by atoms with E-state index in [0.29, 0.717) is 28.2 Å². The third kappa shape index (κ3) is 4.71. The van der Waals surface area contributed by atoms with Crippen molar-refractivity contribution >= 4 is 46.2 Å². The van der Waals surface area contributed by atoms with Gasteiger partial charge in [-0.2, -0.15) is 0 Å². The molecule has 1 aromatic carbocycles. The molecule has 2 heterocycles. The Labute approximate surface area is 169 Å². The van der Waals surface area contributed by atoms with E-state index in [1.54, 1.807) is 47.3 Å². The molecule has 0 saturated carbocycles. The number of aromatic nitrogens is 3. The Morgan fingerprint density at radius 2 is 2.26 bits per heavy atom. The van der Waals surface area contributed by atoms with Crippen molar-refractivity contribution in [1.82, 2.24) is 14.8 Å². The van der Waals surface area contributed by atoms with Crippen LogP contribution in [0.1, 0.15) is 4.88 Å². The first-order valence-electron chi connectivity index (χ1n) is 7.96. The van der Waals surface area contributed by atoms with E-state index in [1.807, 2.05) is 17.5 Å². The van der Waals surface area contributed by atoms with Crippen molar-refractivity contribution in [2.24, 2.45) is 0 Å². The molecule has 0 radical (unpaired) electrons. The van der Waals surface area contributed by atoms with Gasteiger partial charge in [-0.05, 0) is 29.6 Å². The third-order valence-corrected chi connectivity index (χ3v) is 5.93. The number of thioether (sulfide) groups is 1. The van der Waals surface area contributed by atoms with Crippen molar-refractivity contribution in [2.75, 3.05) is 12.4 Å². The Morgan fingerprint density at radius 1 is 1.41 bits per heavy atom. The highest BCUT2D eigenvalue weighted by Crippen LogP contribution is 2.28. The normalized spacial score (nSPS) is 10.6. The molecule has 140 valence electrons. The topological polar surface area (TPSA) is 69.0 Å². The Morgan fingerprint density at radius 3 is 2.93 bits per heavy atom. The van der Waals surface area contributed by atoms with Crippen molar-refractivity contribution < 1.29 is 4.74 Å². The average Bonchev–Trinajstić information content (AvgIpc) is 3.18. The van der Waals surface area contributed by atoms with Crippen LogP contribution in [0, 0.1) is 0 Å². The van der Waals surface area contributed by atoms with E-state index in [2.05, 4.69) is 22.1 Å². The molecule has 6 nitrogen and oxygen atoms in total. The van der Waals surface area contributed by atoms with Gasteiger partial charge in [0.15, 0.2) is 5.16 Å². The van der Waals surface area contributed by atoms with Gasteiger partial charge in [0.1, 0.15) is 5.75 Å². The Bertz CT molecular complexity index is 990.